The number of likely N-dealkylation sites (tertiary alicyclic amines) is 1. The molecule has 2 saturated heterocycles. The second kappa shape index (κ2) is 8.14. The van der Waals surface area contributed by atoms with Crippen LogP contribution in [0, 0.1) is 0 Å². The first-order valence-electron chi connectivity index (χ1n) is 9.98. The lowest BCUT2D eigenvalue weighted by atomic mass is 9.87. The summed E-state index contributed by atoms with van der Waals surface area (Å²) in [6, 6.07) is 0. The van der Waals surface area contributed by atoms with E-state index in [4.69, 9.17) is 9.47 Å². The second-order valence-corrected chi connectivity index (χ2v) is 7.86. The first-order chi connectivity index (χ1) is 13.6. The van der Waals surface area contributed by atoms with E-state index in [1.54, 1.807) is 18.6 Å². The molecular formula is C20H28N4O4. The van der Waals surface area contributed by atoms with Gasteiger partial charge in [0.2, 0.25) is 0 Å². The third kappa shape index (κ3) is 4.04. The number of hydrogen-bond donors (Lipinski definition) is 1. The van der Waals surface area contributed by atoms with Crippen LogP contribution in [-0.2, 0) is 14.3 Å². The molecule has 8 heteroatoms. The highest BCUT2D eigenvalue weighted by Gasteiger charge is 2.38. The number of nitrogens with zero attached hydrogens (tertiary/aromatic N) is 4. The van der Waals surface area contributed by atoms with Gasteiger partial charge in [-0.25, -0.2) is 4.79 Å². The Labute approximate surface area is 165 Å². The summed E-state index contributed by atoms with van der Waals surface area (Å²) in [6.45, 7) is 6.89. The second-order valence-electron chi connectivity index (χ2n) is 7.86. The maximum atomic E-state index is 11.7. The third-order valence-corrected chi connectivity index (χ3v) is 6.19. The van der Waals surface area contributed by atoms with E-state index < -0.39 is 6.10 Å². The molecule has 0 aliphatic carbocycles. The molecular weight excluding hydrogens is 360 g/mol. The number of aliphatic hydroxyl groups excluding tert-OH is 1. The van der Waals surface area contributed by atoms with Gasteiger partial charge in [-0.05, 0) is 26.2 Å². The average molecular weight is 388 g/mol. The molecule has 152 valence electrons. The van der Waals surface area contributed by atoms with Gasteiger partial charge in [0, 0.05) is 45.1 Å². The fraction of sp³-hybridized carbons (Fsp3) is 0.650. The van der Waals surface area contributed by atoms with Crippen LogP contribution >= 0.6 is 0 Å². The van der Waals surface area contributed by atoms with Crippen LogP contribution in [0.4, 0.5) is 0 Å². The number of rotatable bonds is 4. The normalized spacial score (nSPS) is 24.4. The summed E-state index contributed by atoms with van der Waals surface area (Å²) < 4.78 is 11.5. The lowest BCUT2D eigenvalue weighted by Gasteiger charge is -2.41. The SMILES string of the molecule is CC1=C(N2CCOC3(CCN(CC(O)c4cnccn4)CC3)CC2)COC1=O. The minimum Gasteiger partial charge on any atom is -0.456 e. The highest BCUT2D eigenvalue weighted by atomic mass is 16.5. The van der Waals surface area contributed by atoms with E-state index in [1.165, 1.54) is 0 Å². The first-order valence-corrected chi connectivity index (χ1v) is 9.98. The fourth-order valence-corrected chi connectivity index (χ4v) is 4.32. The Kier molecular flexibility index (Phi) is 5.61. The van der Waals surface area contributed by atoms with Gasteiger partial charge in [-0.2, -0.15) is 0 Å². The molecule has 3 aliphatic heterocycles. The molecule has 0 aromatic carbocycles. The molecule has 0 saturated carbocycles. The zero-order chi connectivity index (χ0) is 19.6. The highest BCUT2D eigenvalue weighted by molar-refractivity contribution is 5.90. The molecule has 0 radical (unpaired) electrons. The quantitative estimate of drug-likeness (QED) is 0.761. The molecule has 1 N–H and O–H groups in total. The molecule has 3 aliphatic rings. The molecule has 28 heavy (non-hydrogen) atoms. The summed E-state index contributed by atoms with van der Waals surface area (Å²) in [5.41, 5.74) is 2.24. The third-order valence-electron chi connectivity index (χ3n) is 6.19. The average Bonchev–Trinajstić information content (AvgIpc) is 2.93. The van der Waals surface area contributed by atoms with E-state index in [1.807, 2.05) is 6.92 Å². The van der Waals surface area contributed by atoms with Crippen LogP contribution in [0.3, 0.4) is 0 Å². The smallest absolute Gasteiger partial charge is 0.335 e. The van der Waals surface area contributed by atoms with Crippen molar-refractivity contribution in [3.63, 3.8) is 0 Å². The molecule has 1 aromatic rings. The molecule has 4 rings (SSSR count). The Hall–Kier alpha value is -2.03. The number of hydrogen-bond acceptors (Lipinski definition) is 8. The molecule has 2 fully saturated rings. The zero-order valence-electron chi connectivity index (χ0n) is 16.3. The topological polar surface area (TPSA) is 88.0 Å². The van der Waals surface area contributed by atoms with Crippen molar-refractivity contribution in [3.05, 3.63) is 35.6 Å². The van der Waals surface area contributed by atoms with Gasteiger partial charge < -0.3 is 24.4 Å². The van der Waals surface area contributed by atoms with Gasteiger partial charge >= 0.3 is 5.97 Å². The van der Waals surface area contributed by atoms with Crippen LogP contribution in [0.1, 0.15) is 38.0 Å². The van der Waals surface area contributed by atoms with Gasteiger partial charge in [0.1, 0.15) is 12.7 Å². The van der Waals surface area contributed by atoms with Crippen molar-refractivity contribution in [1.29, 1.82) is 0 Å². The fourth-order valence-electron chi connectivity index (χ4n) is 4.32. The highest BCUT2D eigenvalue weighted by Crippen LogP contribution is 2.33. The zero-order valence-corrected chi connectivity index (χ0v) is 16.3. The number of β-amino-alcohol motifs (C(OH)–C–C–N with tert-alkyl or cyclic N) is 1. The van der Waals surface area contributed by atoms with Crippen molar-refractivity contribution in [1.82, 2.24) is 19.8 Å². The molecule has 1 unspecified atom stereocenters. The van der Waals surface area contributed by atoms with Crippen molar-refractivity contribution < 1.29 is 19.4 Å². The summed E-state index contributed by atoms with van der Waals surface area (Å²) in [4.78, 5) is 24.4. The van der Waals surface area contributed by atoms with Crippen LogP contribution in [0.5, 0.6) is 0 Å². The Morgan fingerprint density at radius 1 is 1.21 bits per heavy atom. The monoisotopic (exact) mass is 388 g/mol. The maximum absolute atomic E-state index is 11.7. The van der Waals surface area contributed by atoms with Crippen LogP contribution < -0.4 is 0 Å². The maximum Gasteiger partial charge on any atom is 0.335 e. The van der Waals surface area contributed by atoms with Crippen molar-refractivity contribution in [2.75, 3.05) is 45.9 Å². The molecule has 1 atom stereocenters. The molecule has 8 nitrogen and oxygen atoms in total. The van der Waals surface area contributed by atoms with Gasteiger partial charge in [-0.15, -0.1) is 0 Å². The minimum atomic E-state index is -0.622. The van der Waals surface area contributed by atoms with Crippen molar-refractivity contribution in [2.45, 2.75) is 37.9 Å². The molecule has 1 spiro atoms. The van der Waals surface area contributed by atoms with Crippen LogP contribution in [0.25, 0.3) is 0 Å². The number of carbonyl (C=O) groups excluding carboxylic acids is 1. The van der Waals surface area contributed by atoms with Crippen LogP contribution in [0.2, 0.25) is 0 Å². The summed E-state index contributed by atoms with van der Waals surface area (Å²) in [6.07, 6.45) is 7.05. The van der Waals surface area contributed by atoms with Crippen molar-refractivity contribution in [2.24, 2.45) is 0 Å². The van der Waals surface area contributed by atoms with E-state index in [-0.39, 0.29) is 11.6 Å². The predicted molar refractivity (Wildman–Crippen MR) is 101 cm³/mol. The lowest BCUT2D eigenvalue weighted by Crippen LogP contribution is -2.47. The van der Waals surface area contributed by atoms with Gasteiger partial charge in [0.15, 0.2) is 0 Å². The number of aliphatic hydroxyl groups is 1. The van der Waals surface area contributed by atoms with E-state index in [2.05, 4.69) is 19.8 Å². The standard InChI is InChI=1S/C20H28N4O4/c1-15-17(14-27-19(15)26)24-9-4-20(28-11-10-24)2-7-23(8-3-20)13-18(25)16-12-21-5-6-22-16/h5-6,12,18,25H,2-4,7-11,13-14H2,1H3. The Morgan fingerprint density at radius 2 is 2.00 bits per heavy atom. The van der Waals surface area contributed by atoms with Gasteiger partial charge in [-0.3, -0.25) is 9.97 Å². The molecule has 4 heterocycles. The van der Waals surface area contributed by atoms with E-state index in [0.29, 0.717) is 25.5 Å². The van der Waals surface area contributed by atoms with Crippen molar-refractivity contribution >= 4 is 5.97 Å². The van der Waals surface area contributed by atoms with Crippen LogP contribution in [-0.4, -0.2) is 82.4 Å². The van der Waals surface area contributed by atoms with Gasteiger partial charge in [0.05, 0.1) is 35.4 Å². The molecule has 0 amide bonds. The van der Waals surface area contributed by atoms with E-state index >= 15 is 0 Å². The van der Waals surface area contributed by atoms with Crippen molar-refractivity contribution in [3.8, 4) is 0 Å². The van der Waals surface area contributed by atoms with E-state index in [9.17, 15) is 9.90 Å². The lowest BCUT2D eigenvalue weighted by molar-refractivity contribution is -0.136. The Morgan fingerprint density at radius 3 is 2.68 bits per heavy atom. The first kappa shape index (κ1) is 19.3. The Bertz CT molecular complexity index is 731. The number of piperidine rings is 1. The predicted octanol–water partition coefficient (Wildman–Crippen LogP) is 0.898. The number of esters is 1. The number of carbonyl (C=O) groups is 1. The summed E-state index contributed by atoms with van der Waals surface area (Å²) in [5.74, 6) is -0.204. The van der Waals surface area contributed by atoms with Gasteiger partial charge in [0.25, 0.3) is 0 Å². The Balaban J connectivity index is 1.31. The number of ether oxygens (including phenoxy) is 2. The molecule has 0 bridgehead atoms. The minimum absolute atomic E-state index is 0.110. The van der Waals surface area contributed by atoms with Crippen LogP contribution in [0.15, 0.2) is 29.9 Å². The summed E-state index contributed by atoms with van der Waals surface area (Å²) in [7, 11) is 0. The number of aromatic nitrogens is 2. The summed E-state index contributed by atoms with van der Waals surface area (Å²) in [5, 5.41) is 10.4. The summed E-state index contributed by atoms with van der Waals surface area (Å²) >= 11 is 0. The largest absolute Gasteiger partial charge is 0.456 e. The number of cyclic esters (lactones) is 1. The van der Waals surface area contributed by atoms with Gasteiger partial charge in [-0.1, -0.05) is 0 Å². The molecule has 1 aromatic heterocycles. The van der Waals surface area contributed by atoms with E-state index in [0.717, 1.165) is 56.7 Å².